The molecule has 0 saturated carbocycles. The zero-order valence-corrected chi connectivity index (χ0v) is 27.1. The SMILES string of the molecule is Cc1ccc2cccc(OCc3c(Cl)ccc(NCC(=O)CNC(=O)Nc4cccc(C(=O)N(C)CCN(C)C)c4)c3Cl)c2n1. The molecule has 1 aromatic heterocycles. The number of ketones is 1. The molecule has 4 aromatic rings. The number of nitrogens with one attached hydrogen (secondary N) is 3. The van der Waals surface area contributed by atoms with Crippen molar-refractivity contribution in [1.29, 1.82) is 0 Å². The molecule has 3 aromatic carbocycles. The highest BCUT2D eigenvalue weighted by molar-refractivity contribution is 6.37. The maximum Gasteiger partial charge on any atom is 0.319 e. The first-order valence-corrected chi connectivity index (χ1v) is 15.0. The second-order valence-corrected chi connectivity index (χ2v) is 11.6. The minimum atomic E-state index is -0.573. The number of carbonyl (C=O) groups excluding carboxylic acids is 3. The van der Waals surface area contributed by atoms with Gasteiger partial charge in [0.05, 0.1) is 23.8 Å². The Morgan fingerprint density at radius 3 is 2.47 bits per heavy atom. The number of para-hydroxylation sites is 1. The molecule has 10 nitrogen and oxygen atoms in total. The van der Waals surface area contributed by atoms with E-state index in [1.165, 1.54) is 0 Å². The summed E-state index contributed by atoms with van der Waals surface area (Å²) >= 11 is 13.1. The third-order valence-electron chi connectivity index (χ3n) is 6.90. The van der Waals surface area contributed by atoms with Crippen LogP contribution < -0.4 is 20.7 Å². The summed E-state index contributed by atoms with van der Waals surface area (Å²) in [5, 5.41) is 9.92. The van der Waals surface area contributed by atoms with Crippen LogP contribution in [0.2, 0.25) is 10.0 Å². The highest BCUT2D eigenvalue weighted by Gasteiger charge is 2.16. The van der Waals surface area contributed by atoms with Crippen molar-refractivity contribution in [3.63, 3.8) is 0 Å². The van der Waals surface area contributed by atoms with Gasteiger partial charge in [-0.15, -0.1) is 0 Å². The lowest BCUT2D eigenvalue weighted by atomic mass is 10.1. The molecule has 0 bridgehead atoms. The van der Waals surface area contributed by atoms with Crippen molar-refractivity contribution in [3.8, 4) is 5.75 Å². The molecule has 236 valence electrons. The number of carbonyl (C=O) groups is 3. The molecule has 4 rings (SSSR count). The van der Waals surface area contributed by atoms with Crippen LogP contribution >= 0.6 is 23.2 Å². The molecule has 0 unspecified atom stereocenters. The second kappa shape index (κ2) is 15.6. The fourth-order valence-electron chi connectivity index (χ4n) is 4.36. The first kappa shape index (κ1) is 33.5. The van der Waals surface area contributed by atoms with E-state index >= 15 is 0 Å². The number of nitrogens with zero attached hydrogens (tertiary/aromatic N) is 3. The number of aromatic nitrogens is 1. The summed E-state index contributed by atoms with van der Waals surface area (Å²) in [6.07, 6.45) is 0. The van der Waals surface area contributed by atoms with Gasteiger partial charge in [0.25, 0.3) is 5.91 Å². The molecular weight excluding hydrogens is 615 g/mol. The molecule has 0 atom stereocenters. The van der Waals surface area contributed by atoms with Gasteiger partial charge in [0.15, 0.2) is 5.78 Å². The lowest BCUT2D eigenvalue weighted by Crippen LogP contribution is -2.35. The normalized spacial score (nSPS) is 10.9. The Hall–Kier alpha value is -4.38. The van der Waals surface area contributed by atoms with Crippen molar-refractivity contribution in [2.45, 2.75) is 13.5 Å². The largest absolute Gasteiger partial charge is 0.487 e. The van der Waals surface area contributed by atoms with Crippen molar-refractivity contribution in [2.75, 3.05) is 58.0 Å². The van der Waals surface area contributed by atoms with Crippen LogP contribution in [-0.2, 0) is 11.4 Å². The standard InChI is InChI=1S/C33H36Cl2N6O4/c1-21-11-12-22-7-6-10-29(31(22)38-21)45-20-26-27(34)13-14-28(30(26)35)36-18-25(42)19-37-33(44)39-24-9-5-8-23(17-24)32(43)41(4)16-15-40(2)3/h5-14,17,36H,15-16,18-20H2,1-4H3,(H2,37,39,44). The highest BCUT2D eigenvalue weighted by Crippen LogP contribution is 2.33. The molecule has 3 N–H and O–H groups in total. The van der Waals surface area contributed by atoms with E-state index in [9.17, 15) is 14.4 Å². The maximum atomic E-state index is 12.7. The Labute approximate surface area is 272 Å². The van der Waals surface area contributed by atoms with Crippen LogP contribution in [-0.4, -0.2) is 79.8 Å². The van der Waals surface area contributed by atoms with E-state index < -0.39 is 6.03 Å². The Kier molecular flexibility index (Phi) is 11.6. The molecule has 0 aliphatic rings. The number of ether oxygens (including phenoxy) is 1. The lowest BCUT2D eigenvalue weighted by Gasteiger charge is -2.20. The van der Waals surface area contributed by atoms with E-state index in [0.29, 0.717) is 44.8 Å². The molecule has 45 heavy (non-hydrogen) atoms. The first-order chi connectivity index (χ1) is 21.5. The van der Waals surface area contributed by atoms with Crippen LogP contribution in [0.25, 0.3) is 10.9 Å². The zero-order valence-electron chi connectivity index (χ0n) is 25.6. The number of likely N-dealkylation sites (N-methyl/N-ethyl adjacent to an activating group) is 2. The first-order valence-electron chi connectivity index (χ1n) is 14.3. The number of amides is 3. The van der Waals surface area contributed by atoms with E-state index in [1.807, 2.05) is 56.3 Å². The molecule has 1 heterocycles. The predicted molar refractivity (Wildman–Crippen MR) is 180 cm³/mol. The number of Topliss-reactive ketones (excluding diaryl/α,β-unsaturated/α-hetero) is 1. The van der Waals surface area contributed by atoms with Crippen molar-refractivity contribution in [3.05, 3.63) is 93.6 Å². The number of rotatable bonds is 13. The lowest BCUT2D eigenvalue weighted by molar-refractivity contribution is -0.116. The van der Waals surface area contributed by atoms with Crippen molar-refractivity contribution >= 4 is 63.2 Å². The van der Waals surface area contributed by atoms with Crippen LogP contribution in [0.15, 0.2) is 66.7 Å². The van der Waals surface area contributed by atoms with Crippen LogP contribution in [0, 0.1) is 6.92 Å². The number of pyridine rings is 1. The minimum Gasteiger partial charge on any atom is -0.487 e. The summed E-state index contributed by atoms with van der Waals surface area (Å²) < 4.78 is 6.06. The predicted octanol–water partition coefficient (Wildman–Crippen LogP) is 5.87. The highest BCUT2D eigenvalue weighted by atomic mass is 35.5. The second-order valence-electron chi connectivity index (χ2n) is 10.8. The quantitative estimate of drug-likeness (QED) is 0.166. The molecule has 0 radical (unpaired) electrons. The van der Waals surface area contributed by atoms with Gasteiger partial charge in [-0.1, -0.05) is 47.5 Å². The molecule has 0 spiro atoms. The molecular formula is C33H36Cl2N6O4. The summed E-state index contributed by atoms with van der Waals surface area (Å²) in [4.78, 5) is 46.0. The Balaban J connectivity index is 1.28. The maximum absolute atomic E-state index is 12.7. The van der Waals surface area contributed by atoms with Crippen LogP contribution in [0.1, 0.15) is 21.6 Å². The summed E-state index contributed by atoms with van der Waals surface area (Å²) in [6, 6.07) is 19.0. The van der Waals surface area contributed by atoms with Gasteiger partial charge in [0.2, 0.25) is 0 Å². The molecule has 12 heteroatoms. The Bertz CT molecular complexity index is 1700. The van der Waals surface area contributed by atoms with Gasteiger partial charge in [-0.3, -0.25) is 9.59 Å². The van der Waals surface area contributed by atoms with Gasteiger partial charge < -0.3 is 30.5 Å². The van der Waals surface area contributed by atoms with Gasteiger partial charge in [-0.2, -0.15) is 0 Å². The smallest absolute Gasteiger partial charge is 0.319 e. The number of hydrogen-bond acceptors (Lipinski definition) is 7. The number of fused-ring (bicyclic) bond motifs is 1. The van der Waals surface area contributed by atoms with Gasteiger partial charge >= 0.3 is 6.03 Å². The fourth-order valence-corrected chi connectivity index (χ4v) is 4.91. The summed E-state index contributed by atoms with van der Waals surface area (Å²) in [7, 11) is 5.61. The summed E-state index contributed by atoms with van der Waals surface area (Å²) in [5.41, 5.74) is 3.55. The number of urea groups is 1. The minimum absolute atomic E-state index is 0.0856. The van der Waals surface area contributed by atoms with Crippen molar-refractivity contribution < 1.29 is 19.1 Å². The van der Waals surface area contributed by atoms with Crippen LogP contribution in [0.4, 0.5) is 16.2 Å². The number of hydrogen-bond donors (Lipinski definition) is 3. The topological polar surface area (TPSA) is 116 Å². The molecule has 3 amide bonds. The Morgan fingerprint density at radius 1 is 0.911 bits per heavy atom. The summed E-state index contributed by atoms with van der Waals surface area (Å²) in [6.45, 7) is 3.00. The molecule has 0 fully saturated rings. The average molecular weight is 652 g/mol. The molecule has 0 aliphatic heterocycles. The van der Waals surface area contributed by atoms with Crippen LogP contribution in [0.3, 0.4) is 0 Å². The van der Waals surface area contributed by atoms with Gasteiger partial charge in [0, 0.05) is 53.1 Å². The third-order valence-corrected chi connectivity index (χ3v) is 7.69. The molecule has 0 aliphatic carbocycles. The van der Waals surface area contributed by atoms with Gasteiger partial charge in [-0.25, -0.2) is 9.78 Å². The molecule has 0 saturated heterocycles. The number of aryl methyl sites for hydroxylation is 1. The fraction of sp³-hybridized carbons (Fsp3) is 0.273. The number of anilines is 2. The van der Waals surface area contributed by atoms with E-state index in [0.717, 1.165) is 23.1 Å². The van der Waals surface area contributed by atoms with E-state index in [2.05, 4.69) is 20.9 Å². The average Bonchev–Trinajstić information content (AvgIpc) is 3.02. The van der Waals surface area contributed by atoms with Crippen molar-refractivity contribution in [1.82, 2.24) is 20.1 Å². The van der Waals surface area contributed by atoms with Crippen molar-refractivity contribution in [2.24, 2.45) is 0 Å². The number of halogens is 2. The van der Waals surface area contributed by atoms with E-state index in [1.54, 1.807) is 48.3 Å². The third kappa shape index (κ3) is 9.31. The zero-order chi connectivity index (χ0) is 32.5. The van der Waals surface area contributed by atoms with Crippen LogP contribution in [0.5, 0.6) is 5.75 Å². The van der Waals surface area contributed by atoms with Gasteiger partial charge in [-0.05, 0) is 63.5 Å². The Morgan fingerprint density at radius 2 is 1.69 bits per heavy atom. The van der Waals surface area contributed by atoms with Gasteiger partial charge in [0.1, 0.15) is 17.9 Å². The van der Waals surface area contributed by atoms with E-state index in [4.69, 9.17) is 27.9 Å². The number of benzene rings is 3. The summed E-state index contributed by atoms with van der Waals surface area (Å²) in [5.74, 6) is 0.169. The van der Waals surface area contributed by atoms with E-state index in [-0.39, 0.29) is 31.4 Å². The monoisotopic (exact) mass is 650 g/mol.